The van der Waals surface area contributed by atoms with Crippen molar-refractivity contribution in [3.8, 4) is 17.2 Å². The molecule has 158 valence electrons. The average molecular weight is 415 g/mol. The summed E-state index contributed by atoms with van der Waals surface area (Å²) in [5.74, 6) is 1.34. The fraction of sp³-hybridized carbons (Fsp3) is 0.231. The summed E-state index contributed by atoms with van der Waals surface area (Å²) in [6.07, 6.45) is 4.10. The molecule has 2 heterocycles. The number of nitrogens with zero attached hydrogens (tertiary/aromatic N) is 2. The highest BCUT2D eigenvalue weighted by Crippen LogP contribution is 2.44. The molecule has 0 saturated heterocycles. The highest BCUT2D eigenvalue weighted by molar-refractivity contribution is 5.86. The normalized spacial score (nSPS) is 12.0. The van der Waals surface area contributed by atoms with Crippen molar-refractivity contribution in [2.24, 2.45) is 0 Å². The Morgan fingerprint density at radius 1 is 0.871 bits per heavy atom. The van der Waals surface area contributed by atoms with Crippen molar-refractivity contribution < 1.29 is 14.6 Å². The SMILES string of the molecule is COc1c(C)ccc(C(Cc2cc(C)ccn2)c2ccc3cccnc3c2O)c1OC. The van der Waals surface area contributed by atoms with Gasteiger partial charge in [-0.05, 0) is 43.2 Å². The lowest BCUT2D eigenvalue weighted by molar-refractivity contribution is 0.348. The number of ether oxygens (including phenoxy) is 2. The molecule has 0 aliphatic heterocycles. The van der Waals surface area contributed by atoms with E-state index in [1.807, 2.05) is 62.5 Å². The molecule has 0 aliphatic rings. The molecule has 1 atom stereocenters. The van der Waals surface area contributed by atoms with Gasteiger partial charge in [0.05, 0.1) is 14.2 Å². The number of rotatable bonds is 6. The first-order chi connectivity index (χ1) is 15.0. The molecule has 0 saturated carbocycles. The van der Waals surface area contributed by atoms with Crippen LogP contribution in [0.5, 0.6) is 17.2 Å². The Balaban J connectivity index is 1.94. The largest absolute Gasteiger partial charge is 0.505 e. The molecular formula is C26H26N2O3. The third-order valence-corrected chi connectivity index (χ3v) is 5.66. The third kappa shape index (κ3) is 3.91. The number of aryl methyl sites for hydroxylation is 2. The van der Waals surface area contributed by atoms with Crippen LogP contribution in [0.3, 0.4) is 0 Å². The molecule has 1 N–H and O–H groups in total. The number of hydrogen-bond donors (Lipinski definition) is 1. The number of pyridine rings is 2. The number of aromatic nitrogens is 2. The highest BCUT2D eigenvalue weighted by atomic mass is 16.5. The Labute approximate surface area is 182 Å². The topological polar surface area (TPSA) is 64.5 Å². The van der Waals surface area contributed by atoms with E-state index in [9.17, 15) is 5.11 Å². The fourth-order valence-corrected chi connectivity index (χ4v) is 4.15. The van der Waals surface area contributed by atoms with Gasteiger partial charge in [-0.1, -0.05) is 30.3 Å². The standard InChI is InChI=1S/C26H26N2O3/c1-16-11-13-27-19(14-16)15-22(21-9-7-17(2)25(30-3)26(21)31-4)20-10-8-18-6-5-12-28-23(18)24(20)29/h5-14,22,29H,15H2,1-4H3. The summed E-state index contributed by atoms with van der Waals surface area (Å²) in [6.45, 7) is 4.03. The number of fused-ring (bicyclic) bond motifs is 1. The van der Waals surface area contributed by atoms with Crippen molar-refractivity contribution in [2.75, 3.05) is 14.2 Å². The smallest absolute Gasteiger partial charge is 0.164 e. The minimum absolute atomic E-state index is 0.178. The van der Waals surface area contributed by atoms with Crippen LogP contribution in [0.25, 0.3) is 10.9 Å². The molecule has 0 spiro atoms. The van der Waals surface area contributed by atoms with E-state index < -0.39 is 0 Å². The van der Waals surface area contributed by atoms with Crippen molar-refractivity contribution >= 4 is 10.9 Å². The number of hydrogen-bond acceptors (Lipinski definition) is 5. The van der Waals surface area contributed by atoms with E-state index in [-0.39, 0.29) is 11.7 Å². The van der Waals surface area contributed by atoms with Crippen LogP contribution in [0.15, 0.2) is 60.9 Å². The molecule has 4 rings (SSSR count). The molecule has 0 aliphatic carbocycles. The molecule has 0 fully saturated rings. The summed E-state index contributed by atoms with van der Waals surface area (Å²) in [5, 5.41) is 12.1. The van der Waals surface area contributed by atoms with E-state index in [1.165, 1.54) is 0 Å². The summed E-state index contributed by atoms with van der Waals surface area (Å²) in [7, 11) is 3.29. The molecule has 31 heavy (non-hydrogen) atoms. The summed E-state index contributed by atoms with van der Waals surface area (Å²) >= 11 is 0. The van der Waals surface area contributed by atoms with Crippen LogP contribution >= 0.6 is 0 Å². The minimum atomic E-state index is -0.204. The number of phenolic OH excluding ortho intramolecular Hbond substituents is 1. The maximum Gasteiger partial charge on any atom is 0.164 e. The van der Waals surface area contributed by atoms with Crippen molar-refractivity contribution in [1.29, 1.82) is 0 Å². The molecule has 1 unspecified atom stereocenters. The molecule has 0 radical (unpaired) electrons. The molecule has 2 aromatic heterocycles. The quantitative estimate of drug-likeness (QED) is 0.461. The average Bonchev–Trinajstić information content (AvgIpc) is 2.78. The van der Waals surface area contributed by atoms with Gasteiger partial charge in [0, 0.05) is 46.9 Å². The highest BCUT2D eigenvalue weighted by Gasteiger charge is 2.26. The summed E-state index contributed by atoms with van der Waals surface area (Å²) in [6, 6.07) is 15.9. The van der Waals surface area contributed by atoms with Gasteiger partial charge < -0.3 is 14.6 Å². The lowest BCUT2D eigenvalue weighted by Gasteiger charge is -2.24. The van der Waals surface area contributed by atoms with Crippen LogP contribution in [0, 0.1) is 13.8 Å². The molecule has 5 nitrogen and oxygen atoms in total. The molecular weight excluding hydrogens is 388 g/mol. The number of methoxy groups -OCH3 is 2. The molecule has 4 aromatic rings. The lowest BCUT2D eigenvalue weighted by atomic mass is 9.84. The van der Waals surface area contributed by atoms with E-state index in [1.54, 1.807) is 20.4 Å². The third-order valence-electron chi connectivity index (χ3n) is 5.66. The lowest BCUT2D eigenvalue weighted by Crippen LogP contribution is -2.10. The van der Waals surface area contributed by atoms with E-state index in [0.717, 1.165) is 33.3 Å². The van der Waals surface area contributed by atoms with Crippen LogP contribution < -0.4 is 9.47 Å². The predicted octanol–water partition coefficient (Wildman–Crippen LogP) is 5.34. The van der Waals surface area contributed by atoms with Gasteiger partial charge in [0.15, 0.2) is 11.5 Å². The first-order valence-electron chi connectivity index (χ1n) is 10.2. The Bertz CT molecular complexity index is 1240. The summed E-state index contributed by atoms with van der Waals surface area (Å²) < 4.78 is 11.4. The first-order valence-corrected chi connectivity index (χ1v) is 10.2. The second-order valence-corrected chi connectivity index (χ2v) is 7.70. The van der Waals surface area contributed by atoms with Gasteiger partial charge in [-0.3, -0.25) is 9.97 Å². The van der Waals surface area contributed by atoms with Crippen molar-refractivity contribution in [2.45, 2.75) is 26.2 Å². The van der Waals surface area contributed by atoms with E-state index in [2.05, 4.69) is 16.0 Å². The zero-order chi connectivity index (χ0) is 22.0. The van der Waals surface area contributed by atoms with Crippen molar-refractivity contribution in [3.63, 3.8) is 0 Å². The predicted molar refractivity (Wildman–Crippen MR) is 122 cm³/mol. The van der Waals surface area contributed by atoms with Gasteiger partial charge in [0.1, 0.15) is 11.3 Å². The van der Waals surface area contributed by atoms with Gasteiger partial charge >= 0.3 is 0 Å². The zero-order valence-corrected chi connectivity index (χ0v) is 18.2. The van der Waals surface area contributed by atoms with Crippen LogP contribution in [0.2, 0.25) is 0 Å². The van der Waals surface area contributed by atoms with Crippen LogP contribution in [-0.2, 0) is 6.42 Å². The summed E-state index contributed by atoms with van der Waals surface area (Å²) in [5.41, 5.74) is 5.35. The molecule has 5 heteroatoms. The number of benzene rings is 2. The first kappa shape index (κ1) is 20.7. The maximum atomic E-state index is 11.2. The Morgan fingerprint density at radius 3 is 2.39 bits per heavy atom. The van der Waals surface area contributed by atoms with Gasteiger partial charge in [-0.15, -0.1) is 0 Å². The van der Waals surface area contributed by atoms with Gasteiger partial charge in [0.2, 0.25) is 0 Å². The van der Waals surface area contributed by atoms with E-state index >= 15 is 0 Å². The maximum absolute atomic E-state index is 11.2. The van der Waals surface area contributed by atoms with Crippen LogP contribution in [0.1, 0.15) is 33.9 Å². The Morgan fingerprint density at radius 2 is 1.65 bits per heavy atom. The van der Waals surface area contributed by atoms with Crippen molar-refractivity contribution in [1.82, 2.24) is 9.97 Å². The monoisotopic (exact) mass is 414 g/mol. The van der Waals surface area contributed by atoms with Crippen LogP contribution in [0.4, 0.5) is 0 Å². The van der Waals surface area contributed by atoms with E-state index in [0.29, 0.717) is 23.4 Å². The molecule has 0 amide bonds. The fourth-order valence-electron chi connectivity index (χ4n) is 4.15. The van der Waals surface area contributed by atoms with Gasteiger partial charge in [-0.25, -0.2) is 0 Å². The second-order valence-electron chi connectivity index (χ2n) is 7.70. The van der Waals surface area contributed by atoms with E-state index in [4.69, 9.17) is 9.47 Å². The van der Waals surface area contributed by atoms with Gasteiger partial charge in [0.25, 0.3) is 0 Å². The Hall–Kier alpha value is -3.60. The Kier molecular flexibility index (Phi) is 5.76. The van der Waals surface area contributed by atoms with Crippen molar-refractivity contribution in [3.05, 3.63) is 88.9 Å². The van der Waals surface area contributed by atoms with Gasteiger partial charge in [-0.2, -0.15) is 0 Å². The number of aromatic hydroxyl groups is 1. The minimum Gasteiger partial charge on any atom is -0.505 e. The second kappa shape index (κ2) is 8.64. The zero-order valence-electron chi connectivity index (χ0n) is 18.2. The summed E-state index contributed by atoms with van der Waals surface area (Å²) in [4.78, 5) is 8.98. The number of phenols is 1. The van der Waals surface area contributed by atoms with Crippen LogP contribution in [-0.4, -0.2) is 29.3 Å². The molecule has 2 aromatic carbocycles. The molecule has 0 bridgehead atoms.